The number of morpholine rings is 2. The maximum Gasteiger partial charge on any atom is 0.261 e. The minimum Gasteiger partial charge on any atom is -0.396 e. The van der Waals surface area contributed by atoms with Crippen molar-refractivity contribution in [2.75, 3.05) is 86.3 Å². The standard InChI is InChI=1S/2C25H28N6O4/c2*32-15-16-3-1-4-21(16)30-14-17-11-20(22(12-18(17)25(30)34)29-7-9-35-10-8-29)28-24(33)19-13-27-31-6-2-5-26-23(19)31/h2*2,5-6,11-13,16,21,32H,1,3-4,7-10,14-15H2,(H,28,33)/t2*16-,21+/m10/s1. The van der Waals surface area contributed by atoms with Gasteiger partial charge in [-0.05, 0) is 73.2 Å². The first-order valence-electron chi connectivity index (χ1n) is 24.3. The van der Waals surface area contributed by atoms with E-state index in [1.807, 2.05) is 34.1 Å². The molecule has 2 saturated heterocycles. The van der Waals surface area contributed by atoms with Crippen molar-refractivity contribution in [3.8, 4) is 0 Å². The lowest BCUT2D eigenvalue weighted by molar-refractivity contribution is 0.0604. The van der Waals surface area contributed by atoms with Crippen molar-refractivity contribution in [3.63, 3.8) is 0 Å². The Balaban J connectivity index is 0.000000152. The largest absolute Gasteiger partial charge is 0.396 e. The summed E-state index contributed by atoms with van der Waals surface area (Å²) in [4.78, 5) is 70.2. The molecule has 4 atom stereocenters. The number of hydrogen-bond acceptors (Lipinski definition) is 14. The number of anilines is 4. The average molecular weight is 953 g/mol. The summed E-state index contributed by atoms with van der Waals surface area (Å²) in [5, 5.41) is 34.2. The first-order chi connectivity index (χ1) is 34.3. The van der Waals surface area contributed by atoms with Gasteiger partial charge in [-0.25, -0.2) is 19.0 Å². The Morgan fingerprint density at radius 1 is 0.614 bits per heavy atom. The summed E-state index contributed by atoms with van der Waals surface area (Å²) in [7, 11) is 0. The molecule has 364 valence electrons. The molecule has 12 rings (SSSR count). The average Bonchev–Trinajstić information content (AvgIpc) is 4.28. The Morgan fingerprint density at radius 3 is 1.46 bits per heavy atom. The lowest BCUT2D eigenvalue weighted by Gasteiger charge is -2.31. The first-order valence-corrected chi connectivity index (χ1v) is 24.3. The molecule has 0 unspecified atom stereocenters. The second-order valence-corrected chi connectivity index (χ2v) is 18.8. The Morgan fingerprint density at radius 2 is 1.04 bits per heavy atom. The third kappa shape index (κ3) is 8.47. The lowest BCUT2D eigenvalue weighted by atomic mass is 10.0. The van der Waals surface area contributed by atoms with E-state index in [4.69, 9.17) is 9.47 Å². The molecule has 0 spiro atoms. The number of aliphatic hydroxyl groups excluding tert-OH is 2. The van der Waals surface area contributed by atoms with Crippen molar-refractivity contribution >= 4 is 57.7 Å². The van der Waals surface area contributed by atoms with Crippen LogP contribution in [0, 0.1) is 11.8 Å². The maximum absolute atomic E-state index is 13.4. The molecule has 4 amide bonds. The molecule has 6 aliphatic rings. The van der Waals surface area contributed by atoms with Crippen LogP contribution in [0.2, 0.25) is 0 Å². The molecule has 4 fully saturated rings. The fourth-order valence-corrected chi connectivity index (χ4v) is 11.2. The number of carbonyl (C=O) groups is 4. The zero-order valence-corrected chi connectivity index (χ0v) is 38.8. The summed E-state index contributed by atoms with van der Waals surface area (Å²) in [6, 6.07) is 11.3. The number of ether oxygens (including phenoxy) is 2. The Bertz CT molecular complexity index is 2770. The second-order valence-electron chi connectivity index (χ2n) is 18.8. The predicted octanol–water partition coefficient (Wildman–Crippen LogP) is 3.87. The third-order valence-electron chi connectivity index (χ3n) is 14.9. The van der Waals surface area contributed by atoms with Gasteiger partial charge in [-0.3, -0.25) is 19.2 Å². The molecule has 4 aliphatic heterocycles. The van der Waals surface area contributed by atoms with Gasteiger partial charge >= 0.3 is 0 Å². The summed E-state index contributed by atoms with van der Waals surface area (Å²) >= 11 is 0. The fourth-order valence-electron chi connectivity index (χ4n) is 11.2. The van der Waals surface area contributed by atoms with E-state index in [1.165, 1.54) is 12.4 Å². The van der Waals surface area contributed by atoms with Gasteiger partial charge in [-0.15, -0.1) is 0 Å². The zero-order valence-electron chi connectivity index (χ0n) is 38.8. The second kappa shape index (κ2) is 19.4. The van der Waals surface area contributed by atoms with Crippen LogP contribution < -0.4 is 20.4 Å². The van der Waals surface area contributed by atoms with Crippen molar-refractivity contribution in [2.24, 2.45) is 11.8 Å². The number of nitrogens with zero attached hydrogens (tertiary/aromatic N) is 10. The van der Waals surface area contributed by atoms with E-state index in [0.29, 0.717) is 111 Å². The molecule has 2 aromatic carbocycles. The summed E-state index contributed by atoms with van der Waals surface area (Å²) in [6.07, 6.45) is 15.5. The van der Waals surface area contributed by atoms with Crippen LogP contribution in [-0.2, 0) is 22.6 Å². The van der Waals surface area contributed by atoms with Gasteiger partial charge in [0.15, 0.2) is 11.3 Å². The van der Waals surface area contributed by atoms with Crippen LogP contribution in [0.5, 0.6) is 0 Å². The van der Waals surface area contributed by atoms with E-state index in [-0.39, 0.29) is 60.8 Å². The van der Waals surface area contributed by atoms with E-state index in [1.54, 1.807) is 46.0 Å². The minimum absolute atomic E-state index is 0.00423. The van der Waals surface area contributed by atoms with Crippen LogP contribution in [-0.4, -0.2) is 151 Å². The fraction of sp³-hybridized carbons (Fsp3) is 0.440. The summed E-state index contributed by atoms with van der Waals surface area (Å²) in [5.41, 5.74) is 7.80. The Hall–Kier alpha value is -7.00. The molecule has 20 nitrogen and oxygen atoms in total. The minimum atomic E-state index is -0.300. The number of fused-ring (bicyclic) bond motifs is 4. The van der Waals surface area contributed by atoms with Crippen LogP contribution >= 0.6 is 0 Å². The van der Waals surface area contributed by atoms with Crippen molar-refractivity contribution in [1.29, 1.82) is 0 Å². The third-order valence-corrected chi connectivity index (χ3v) is 14.9. The Labute approximate surface area is 403 Å². The number of carbonyl (C=O) groups excluding carboxylic acids is 4. The number of amides is 4. The van der Waals surface area contributed by atoms with E-state index in [0.717, 1.165) is 61.0 Å². The highest BCUT2D eigenvalue weighted by Crippen LogP contribution is 2.41. The topological polar surface area (TPSA) is 225 Å². The first kappa shape index (κ1) is 45.4. The highest BCUT2D eigenvalue weighted by Gasteiger charge is 2.41. The quantitative estimate of drug-likeness (QED) is 0.153. The molecule has 4 aromatic heterocycles. The van der Waals surface area contributed by atoms with Gasteiger partial charge < -0.3 is 49.9 Å². The summed E-state index contributed by atoms with van der Waals surface area (Å²) in [5.74, 6) is -0.353. The smallest absolute Gasteiger partial charge is 0.261 e. The lowest BCUT2D eigenvalue weighted by Crippen LogP contribution is -2.39. The molecule has 0 bridgehead atoms. The van der Waals surface area contributed by atoms with Crippen molar-refractivity contribution in [1.82, 2.24) is 39.0 Å². The Kier molecular flexibility index (Phi) is 12.6. The van der Waals surface area contributed by atoms with Crippen LogP contribution in [0.15, 0.2) is 73.6 Å². The van der Waals surface area contributed by atoms with E-state index >= 15 is 0 Å². The van der Waals surface area contributed by atoms with Crippen LogP contribution in [0.4, 0.5) is 22.7 Å². The van der Waals surface area contributed by atoms with Gasteiger partial charge in [0.2, 0.25) is 0 Å². The van der Waals surface area contributed by atoms with Crippen molar-refractivity contribution in [3.05, 3.63) is 107 Å². The van der Waals surface area contributed by atoms with Gasteiger partial charge in [-0.1, -0.05) is 12.8 Å². The van der Waals surface area contributed by atoms with Gasteiger partial charge in [0, 0.05) is 112 Å². The number of hydrogen-bond donors (Lipinski definition) is 4. The number of aliphatic hydroxyl groups is 2. The molecule has 6 aromatic rings. The highest BCUT2D eigenvalue weighted by molar-refractivity contribution is 6.11. The molecule has 4 N–H and O–H groups in total. The molecule has 2 aliphatic carbocycles. The number of benzene rings is 2. The van der Waals surface area contributed by atoms with Gasteiger partial charge in [-0.2, -0.15) is 10.2 Å². The predicted molar refractivity (Wildman–Crippen MR) is 257 cm³/mol. The number of rotatable bonds is 10. The SMILES string of the molecule is O=C(Nc1cc2c(cc1N1CCOCC1)C(=O)N([C@@H]1CCC[C@H]1CO)C2)c1cnn2cccnc12.O=C(Nc1cc2c(cc1N1CCOCC1)C(=O)N([C@H]1CCC[C@@H]1CO)C2)c1cnn2cccnc12. The molecule has 70 heavy (non-hydrogen) atoms. The number of nitrogens with one attached hydrogen (secondary N) is 2. The molecule has 0 radical (unpaired) electrons. The molecule has 20 heteroatoms. The summed E-state index contributed by atoms with van der Waals surface area (Å²) in [6.45, 7) is 6.20. The van der Waals surface area contributed by atoms with Crippen LogP contribution in [0.3, 0.4) is 0 Å². The maximum atomic E-state index is 13.4. The molecular formula is C50H56N12O8. The van der Waals surface area contributed by atoms with Crippen LogP contribution in [0.25, 0.3) is 11.3 Å². The highest BCUT2D eigenvalue weighted by atomic mass is 16.5. The van der Waals surface area contributed by atoms with E-state index in [9.17, 15) is 29.4 Å². The molecule has 8 heterocycles. The van der Waals surface area contributed by atoms with Crippen LogP contribution in [0.1, 0.15) is 91.1 Å². The van der Waals surface area contributed by atoms with Gasteiger partial charge in [0.25, 0.3) is 23.6 Å². The zero-order chi connectivity index (χ0) is 47.9. The summed E-state index contributed by atoms with van der Waals surface area (Å²) < 4.78 is 14.2. The molecular weight excluding hydrogens is 897 g/mol. The van der Waals surface area contributed by atoms with Gasteiger partial charge in [0.1, 0.15) is 11.1 Å². The van der Waals surface area contributed by atoms with Crippen molar-refractivity contribution in [2.45, 2.75) is 63.7 Å². The van der Waals surface area contributed by atoms with Crippen molar-refractivity contribution < 1.29 is 38.9 Å². The van der Waals surface area contributed by atoms with E-state index < -0.39 is 0 Å². The normalized spacial score (nSPS) is 22.1. The molecule has 2 saturated carbocycles. The van der Waals surface area contributed by atoms with E-state index in [2.05, 4.69) is 40.6 Å². The number of aromatic nitrogens is 6. The van der Waals surface area contributed by atoms with Gasteiger partial charge in [0.05, 0.1) is 61.6 Å². The monoisotopic (exact) mass is 952 g/mol.